The lowest BCUT2D eigenvalue weighted by Crippen LogP contribution is -2.44. The van der Waals surface area contributed by atoms with Gasteiger partial charge in [0, 0.05) is 22.8 Å². The van der Waals surface area contributed by atoms with Gasteiger partial charge in [-0.25, -0.2) is 0 Å². The second-order valence-corrected chi connectivity index (χ2v) is 5.58. The number of nitro benzene ring substituents is 1. The van der Waals surface area contributed by atoms with Gasteiger partial charge in [-0.15, -0.1) is 0 Å². The number of aliphatic hydroxyl groups excluding tert-OH is 1. The number of anilines is 1. The Labute approximate surface area is 114 Å². The summed E-state index contributed by atoms with van der Waals surface area (Å²) < 4.78 is 0.792. The summed E-state index contributed by atoms with van der Waals surface area (Å²) >= 11 is 2.06. The Morgan fingerprint density at radius 2 is 2.12 bits per heavy atom. The van der Waals surface area contributed by atoms with Crippen molar-refractivity contribution >= 4 is 34.0 Å². The first-order valence-electron chi connectivity index (χ1n) is 5.08. The Kier molecular flexibility index (Phi) is 4.31. The standard InChI is InChI=1S/C11H15IN2O3/c1-11(2,7-15)13(3)10-5-4-8(14(16)17)6-9(10)12/h4-6,15H,7H2,1-3H3. The minimum absolute atomic E-state index is 0.0105. The van der Waals surface area contributed by atoms with Gasteiger partial charge in [0.1, 0.15) is 0 Å². The van der Waals surface area contributed by atoms with Crippen LogP contribution in [-0.4, -0.2) is 29.2 Å². The highest BCUT2D eigenvalue weighted by Crippen LogP contribution is 2.30. The van der Waals surface area contributed by atoms with Crippen LogP contribution in [0.5, 0.6) is 0 Å². The first-order valence-corrected chi connectivity index (χ1v) is 6.16. The lowest BCUT2D eigenvalue weighted by atomic mass is 10.0. The predicted octanol–water partition coefficient (Wildman–Crippen LogP) is 2.41. The van der Waals surface area contributed by atoms with Crippen LogP contribution in [0.25, 0.3) is 0 Å². The lowest BCUT2D eigenvalue weighted by molar-refractivity contribution is -0.384. The van der Waals surface area contributed by atoms with E-state index in [0.29, 0.717) is 0 Å². The molecule has 0 unspecified atom stereocenters. The van der Waals surface area contributed by atoms with Gasteiger partial charge in [-0.2, -0.15) is 0 Å². The average Bonchev–Trinajstić information content (AvgIpc) is 2.27. The van der Waals surface area contributed by atoms with E-state index < -0.39 is 10.5 Å². The molecule has 0 saturated heterocycles. The minimum atomic E-state index is -0.414. The Morgan fingerprint density at radius 3 is 2.53 bits per heavy atom. The van der Waals surface area contributed by atoms with E-state index in [4.69, 9.17) is 0 Å². The maximum atomic E-state index is 10.6. The van der Waals surface area contributed by atoms with Crippen LogP contribution in [0, 0.1) is 13.7 Å². The third-order valence-corrected chi connectivity index (χ3v) is 3.66. The van der Waals surface area contributed by atoms with Crippen LogP contribution >= 0.6 is 22.6 Å². The number of nitrogens with zero attached hydrogens (tertiary/aromatic N) is 2. The molecule has 0 radical (unpaired) electrons. The number of hydrogen-bond donors (Lipinski definition) is 1. The molecule has 1 rings (SSSR count). The minimum Gasteiger partial charge on any atom is -0.394 e. The molecule has 1 aromatic rings. The van der Waals surface area contributed by atoms with Crippen molar-refractivity contribution in [3.8, 4) is 0 Å². The summed E-state index contributed by atoms with van der Waals surface area (Å²) in [5.41, 5.74) is 0.541. The van der Waals surface area contributed by atoms with Crippen LogP contribution in [0.1, 0.15) is 13.8 Å². The van der Waals surface area contributed by atoms with Crippen LogP contribution in [0.15, 0.2) is 18.2 Å². The van der Waals surface area contributed by atoms with Crippen LogP contribution < -0.4 is 4.90 Å². The summed E-state index contributed by atoms with van der Waals surface area (Å²) in [5.74, 6) is 0. The van der Waals surface area contributed by atoms with Crippen molar-refractivity contribution in [2.24, 2.45) is 0 Å². The number of aliphatic hydroxyl groups is 1. The Morgan fingerprint density at radius 1 is 1.53 bits per heavy atom. The number of halogens is 1. The van der Waals surface area contributed by atoms with Crippen molar-refractivity contribution < 1.29 is 10.0 Å². The van der Waals surface area contributed by atoms with Crippen molar-refractivity contribution in [1.29, 1.82) is 0 Å². The zero-order valence-electron chi connectivity index (χ0n) is 9.98. The zero-order chi connectivity index (χ0) is 13.2. The Balaban J connectivity index is 3.12. The summed E-state index contributed by atoms with van der Waals surface area (Å²) in [4.78, 5) is 12.1. The molecule has 0 amide bonds. The molecule has 6 heteroatoms. The molecule has 0 fully saturated rings. The van der Waals surface area contributed by atoms with Crippen LogP contribution in [0.3, 0.4) is 0 Å². The highest BCUT2D eigenvalue weighted by molar-refractivity contribution is 14.1. The molecule has 0 aliphatic heterocycles. The smallest absolute Gasteiger partial charge is 0.270 e. The predicted molar refractivity (Wildman–Crippen MR) is 75.4 cm³/mol. The quantitative estimate of drug-likeness (QED) is 0.515. The largest absolute Gasteiger partial charge is 0.394 e. The van der Waals surface area contributed by atoms with E-state index in [9.17, 15) is 15.2 Å². The van der Waals surface area contributed by atoms with Gasteiger partial charge < -0.3 is 10.0 Å². The van der Waals surface area contributed by atoms with Crippen LogP contribution in [0.4, 0.5) is 11.4 Å². The molecule has 0 saturated carbocycles. The zero-order valence-corrected chi connectivity index (χ0v) is 12.1. The van der Waals surface area contributed by atoms with Gasteiger partial charge in [0.2, 0.25) is 0 Å². The maximum Gasteiger partial charge on any atom is 0.270 e. The molecule has 0 spiro atoms. The van der Waals surface area contributed by atoms with E-state index in [2.05, 4.69) is 22.6 Å². The van der Waals surface area contributed by atoms with Gasteiger partial charge in [0.05, 0.1) is 22.8 Å². The van der Waals surface area contributed by atoms with Crippen molar-refractivity contribution in [2.75, 3.05) is 18.6 Å². The molecule has 1 N–H and O–H groups in total. The molecule has 0 aromatic heterocycles. The summed E-state index contributed by atoms with van der Waals surface area (Å²) in [6.07, 6.45) is 0. The lowest BCUT2D eigenvalue weighted by Gasteiger charge is -2.36. The topological polar surface area (TPSA) is 66.6 Å². The van der Waals surface area contributed by atoms with Gasteiger partial charge in [0.25, 0.3) is 5.69 Å². The monoisotopic (exact) mass is 350 g/mol. The second kappa shape index (κ2) is 5.18. The number of benzene rings is 1. The fourth-order valence-electron chi connectivity index (χ4n) is 1.31. The normalized spacial score (nSPS) is 11.4. The number of rotatable bonds is 4. The van der Waals surface area contributed by atoms with Crippen molar-refractivity contribution in [2.45, 2.75) is 19.4 Å². The Bertz CT molecular complexity index is 435. The van der Waals surface area contributed by atoms with Crippen LogP contribution in [0.2, 0.25) is 0 Å². The molecule has 17 heavy (non-hydrogen) atoms. The molecule has 1 aromatic carbocycles. The first-order chi connectivity index (χ1) is 7.79. The van der Waals surface area contributed by atoms with Gasteiger partial charge in [-0.05, 0) is 42.5 Å². The molecular formula is C11H15IN2O3. The van der Waals surface area contributed by atoms with E-state index in [-0.39, 0.29) is 12.3 Å². The molecule has 94 valence electrons. The van der Waals surface area contributed by atoms with Crippen molar-refractivity contribution in [3.05, 3.63) is 31.9 Å². The van der Waals surface area contributed by atoms with Gasteiger partial charge in [-0.3, -0.25) is 10.1 Å². The third kappa shape index (κ3) is 3.06. The molecule has 0 atom stereocenters. The summed E-state index contributed by atoms with van der Waals surface area (Å²) in [6.45, 7) is 3.82. The first kappa shape index (κ1) is 14.2. The fraction of sp³-hybridized carbons (Fsp3) is 0.455. The van der Waals surface area contributed by atoms with E-state index in [1.807, 2.05) is 25.8 Å². The van der Waals surface area contributed by atoms with Crippen molar-refractivity contribution in [1.82, 2.24) is 0 Å². The summed E-state index contributed by atoms with van der Waals surface area (Å²) in [5, 5.41) is 19.9. The maximum absolute atomic E-state index is 10.6. The number of hydrogen-bond acceptors (Lipinski definition) is 4. The average molecular weight is 350 g/mol. The van der Waals surface area contributed by atoms with Gasteiger partial charge in [0.15, 0.2) is 0 Å². The Hall–Kier alpha value is -0.890. The SMILES string of the molecule is CN(c1ccc([N+](=O)[O-])cc1I)C(C)(C)CO. The number of likely N-dealkylation sites (N-methyl/N-ethyl adjacent to an activating group) is 1. The highest BCUT2D eigenvalue weighted by atomic mass is 127. The third-order valence-electron chi connectivity index (χ3n) is 2.80. The molecular weight excluding hydrogens is 335 g/mol. The number of non-ortho nitro benzene ring substituents is 1. The van der Waals surface area contributed by atoms with Crippen LogP contribution in [-0.2, 0) is 0 Å². The molecule has 0 bridgehead atoms. The molecule has 0 aliphatic carbocycles. The van der Waals surface area contributed by atoms with Crippen molar-refractivity contribution in [3.63, 3.8) is 0 Å². The van der Waals surface area contributed by atoms with E-state index in [1.54, 1.807) is 6.07 Å². The summed E-state index contributed by atoms with van der Waals surface area (Å²) in [7, 11) is 1.86. The molecule has 5 nitrogen and oxygen atoms in total. The van der Waals surface area contributed by atoms with Gasteiger partial charge in [-0.1, -0.05) is 0 Å². The van der Waals surface area contributed by atoms with E-state index >= 15 is 0 Å². The number of nitro groups is 1. The molecule has 0 aliphatic rings. The van der Waals surface area contributed by atoms with E-state index in [1.165, 1.54) is 12.1 Å². The second-order valence-electron chi connectivity index (χ2n) is 4.42. The molecule has 0 heterocycles. The summed E-state index contributed by atoms with van der Waals surface area (Å²) in [6, 6.07) is 4.71. The highest BCUT2D eigenvalue weighted by Gasteiger charge is 2.24. The fourth-order valence-corrected chi connectivity index (χ4v) is 2.17. The van der Waals surface area contributed by atoms with E-state index in [0.717, 1.165) is 9.26 Å². The van der Waals surface area contributed by atoms with Gasteiger partial charge >= 0.3 is 0 Å².